The molecule has 19 heavy (non-hydrogen) atoms. The Bertz CT molecular complexity index is 569. The van der Waals surface area contributed by atoms with E-state index >= 15 is 0 Å². The summed E-state index contributed by atoms with van der Waals surface area (Å²) in [5, 5.41) is 5.02. The Labute approximate surface area is 120 Å². The van der Waals surface area contributed by atoms with Crippen molar-refractivity contribution in [2.75, 3.05) is 7.11 Å². The minimum Gasteiger partial charge on any atom is -0.279 e. The molecular formula is C12H12Cl2N4O. The summed E-state index contributed by atoms with van der Waals surface area (Å²) in [6.45, 7) is 0.561. The summed E-state index contributed by atoms with van der Waals surface area (Å²) < 4.78 is 1.69. The minimum absolute atomic E-state index is 0.490. The zero-order chi connectivity index (χ0) is 13.7. The lowest BCUT2D eigenvalue weighted by molar-refractivity contribution is 0.136. The van der Waals surface area contributed by atoms with Crippen molar-refractivity contribution in [1.29, 1.82) is 0 Å². The molecule has 2 rings (SSSR count). The van der Waals surface area contributed by atoms with Crippen LogP contribution in [-0.2, 0) is 11.4 Å². The summed E-state index contributed by atoms with van der Waals surface area (Å²) in [6, 6.07) is 5.36. The van der Waals surface area contributed by atoms with Crippen molar-refractivity contribution in [2.45, 2.75) is 6.54 Å². The molecule has 0 aliphatic carbocycles. The highest BCUT2D eigenvalue weighted by Gasteiger charge is 2.04. The number of aromatic nitrogens is 3. The van der Waals surface area contributed by atoms with Gasteiger partial charge in [0.05, 0.1) is 29.4 Å². The molecule has 0 spiro atoms. The first-order valence-corrected chi connectivity index (χ1v) is 6.23. The van der Waals surface area contributed by atoms with Crippen LogP contribution in [0.5, 0.6) is 0 Å². The molecule has 1 N–H and O–H groups in total. The van der Waals surface area contributed by atoms with E-state index in [1.54, 1.807) is 30.3 Å². The molecular weight excluding hydrogens is 287 g/mol. The summed E-state index contributed by atoms with van der Waals surface area (Å²) in [4.78, 5) is 8.84. The number of allylic oxidation sites excluding steroid dienone is 1. The van der Waals surface area contributed by atoms with Crippen LogP contribution < -0.4 is 5.48 Å². The van der Waals surface area contributed by atoms with Gasteiger partial charge < -0.3 is 0 Å². The van der Waals surface area contributed by atoms with E-state index in [9.17, 15) is 0 Å². The van der Waals surface area contributed by atoms with Crippen molar-refractivity contribution in [1.82, 2.24) is 20.2 Å². The molecule has 2 aromatic rings. The van der Waals surface area contributed by atoms with Crippen molar-refractivity contribution >= 4 is 28.9 Å². The second-order valence-electron chi connectivity index (χ2n) is 3.67. The lowest BCUT2D eigenvalue weighted by Gasteiger charge is -2.10. The molecule has 0 fully saturated rings. The molecule has 0 unspecified atom stereocenters. The lowest BCUT2D eigenvalue weighted by Crippen LogP contribution is -2.11. The molecule has 0 radical (unpaired) electrons. The van der Waals surface area contributed by atoms with Crippen LogP contribution in [0.2, 0.25) is 10.0 Å². The first-order chi connectivity index (χ1) is 9.20. The van der Waals surface area contributed by atoms with Crippen molar-refractivity contribution in [3.8, 4) is 0 Å². The van der Waals surface area contributed by atoms with E-state index in [1.807, 2.05) is 12.1 Å². The number of hydrogen-bond donors (Lipinski definition) is 1. The molecule has 1 aromatic heterocycles. The number of halogens is 2. The largest absolute Gasteiger partial charge is 0.279 e. The Morgan fingerprint density at radius 2 is 2.26 bits per heavy atom. The van der Waals surface area contributed by atoms with E-state index in [1.165, 1.54) is 6.33 Å². The molecule has 7 heteroatoms. The summed E-state index contributed by atoms with van der Waals surface area (Å²) in [7, 11) is 1.54. The van der Waals surface area contributed by atoms with Gasteiger partial charge in [-0.1, -0.05) is 29.3 Å². The molecule has 1 aromatic carbocycles. The fourth-order valence-corrected chi connectivity index (χ4v) is 1.80. The molecule has 0 amide bonds. The van der Waals surface area contributed by atoms with Crippen molar-refractivity contribution in [2.24, 2.45) is 0 Å². The van der Waals surface area contributed by atoms with Crippen LogP contribution in [0.1, 0.15) is 5.56 Å². The predicted molar refractivity (Wildman–Crippen MR) is 74.6 cm³/mol. The molecule has 100 valence electrons. The lowest BCUT2D eigenvalue weighted by atomic mass is 10.1. The van der Waals surface area contributed by atoms with E-state index in [-0.39, 0.29) is 0 Å². The predicted octanol–water partition coefficient (Wildman–Crippen LogP) is 2.78. The van der Waals surface area contributed by atoms with E-state index in [0.717, 1.165) is 11.3 Å². The van der Waals surface area contributed by atoms with Crippen molar-refractivity contribution in [3.05, 3.63) is 52.5 Å². The Balaban J connectivity index is 2.23. The fraction of sp³-hybridized carbons (Fsp3) is 0.167. The SMILES string of the molecule is CONC(=CCn1cncn1)c1ccc(Cl)c(Cl)c1. The summed E-state index contributed by atoms with van der Waals surface area (Å²) >= 11 is 11.9. The van der Waals surface area contributed by atoms with Gasteiger partial charge in [0.1, 0.15) is 12.7 Å². The molecule has 0 saturated heterocycles. The summed E-state index contributed by atoms with van der Waals surface area (Å²) in [5.41, 5.74) is 4.45. The van der Waals surface area contributed by atoms with Gasteiger partial charge in [0, 0.05) is 5.56 Å². The second-order valence-corrected chi connectivity index (χ2v) is 4.48. The maximum atomic E-state index is 6.00. The maximum absolute atomic E-state index is 6.00. The summed E-state index contributed by atoms with van der Waals surface area (Å²) in [6.07, 6.45) is 5.03. The van der Waals surface area contributed by atoms with Crippen LogP contribution in [0.4, 0.5) is 0 Å². The zero-order valence-electron chi connectivity index (χ0n) is 10.2. The van der Waals surface area contributed by atoms with Gasteiger partial charge in [-0.3, -0.25) is 10.3 Å². The highest BCUT2D eigenvalue weighted by Crippen LogP contribution is 2.25. The molecule has 0 bridgehead atoms. The van der Waals surface area contributed by atoms with E-state index in [4.69, 9.17) is 28.0 Å². The molecule has 0 aliphatic rings. The number of hydrogen-bond acceptors (Lipinski definition) is 4. The van der Waals surface area contributed by atoms with Gasteiger partial charge in [0.2, 0.25) is 0 Å². The van der Waals surface area contributed by atoms with Gasteiger partial charge in [-0.05, 0) is 18.2 Å². The number of rotatable bonds is 5. The third-order valence-corrected chi connectivity index (χ3v) is 3.13. The first kappa shape index (κ1) is 13.9. The van der Waals surface area contributed by atoms with Gasteiger partial charge in [-0.2, -0.15) is 5.10 Å². The van der Waals surface area contributed by atoms with Crippen molar-refractivity contribution < 1.29 is 4.84 Å². The quantitative estimate of drug-likeness (QED) is 0.863. The third-order valence-electron chi connectivity index (χ3n) is 2.39. The Morgan fingerprint density at radius 1 is 1.42 bits per heavy atom. The highest BCUT2D eigenvalue weighted by molar-refractivity contribution is 6.42. The fourth-order valence-electron chi connectivity index (χ4n) is 1.50. The van der Waals surface area contributed by atoms with Gasteiger partial charge in [-0.25, -0.2) is 9.67 Å². The first-order valence-electron chi connectivity index (χ1n) is 5.47. The number of nitrogens with one attached hydrogen (secondary N) is 1. The van der Waals surface area contributed by atoms with Crippen LogP contribution in [0.3, 0.4) is 0 Å². The molecule has 0 aliphatic heterocycles. The average Bonchev–Trinajstić information content (AvgIpc) is 2.91. The average molecular weight is 299 g/mol. The normalized spacial score (nSPS) is 11.6. The minimum atomic E-state index is 0.490. The molecule has 0 saturated carbocycles. The van der Waals surface area contributed by atoms with Gasteiger partial charge in [0.15, 0.2) is 0 Å². The smallest absolute Gasteiger partial charge is 0.137 e. The number of hydroxylamine groups is 1. The monoisotopic (exact) mass is 298 g/mol. The van der Waals surface area contributed by atoms with Gasteiger partial charge in [-0.15, -0.1) is 0 Å². The standard InChI is InChI=1S/C12H12Cl2N4O/c1-19-17-12(4-5-18-8-15-7-16-18)9-2-3-10(13)11(14)6-9/h2-4,6-8,17H,5H2,1H3. The van der Waals surface area contributed by atoms with Crippen LogP contribution in [0.25, 0.3) is 5.70 Å². The molecule has 0 atom stereocenters. The molecule has 1 heterocycles. The highest BCUT2D eigenvalue weighted by atomic mass is 35.5. The Morgan fingerprint density at radius 3 is 2.89 bits per heavy atom. The number of benzene rings is 1. The van der Waals surface area contributed by atoms with Crippen LogP contribution in [0.15, 0.2) is 36.9 Å². The third kappa shape index (κ3) is 3.70. The maximum Gasteiger partial charge on any atom is 0.137 e. The summed E-state index contributed by atoms with van der Waals surface area (Å²) in [5.74, 6) is 0. The Hall–Kier alpha value is -1.56. The van der Waals surface area contributed by atoms with Crippen LogP contribution >= 0.6 is 23.2 Å². The van der Waals surface area contributed by atoms with Gasteiger partial charge in [0.25, 0.3) is 0 Å². The molecule has 5 nitrogen and oxygen atoms in total. The van der Waals surface area contributed by atoms with Crippen LogP contribution in [0, 0.1) is 0 Å². The Kier molecular flexibility index (Phi) is 4.79. The van der Waals surface area contributed by atoms with E-state index in [2.05, 4.69) is 15.6 Å². The van der Waals surface area contributed by atoms with E-state index < -0.39 is 0 Å². The van der Waals surface area contributed by atoms with E-state index in [0.29, 0.717) is 16.6 Å². The van der Waals surface area contributed by atoms with Gasteiger partial charge >= 0.3 is 0 Å². The van der Waals surface area contributed by atoms with Crippen molar-refractivity contribution in [3.63, 3.8) is 0 Å². The number of nitrogens with zero attached hydrogens (tertiary/aromatic N) is 3. The zero-order valence-corrected chi connectivity index (χ0v) is 11.7. The second kappa shape index (κ2) is 6.56. The van der Waals surface area contributed by atoms with Crippen LogP contribution in [-0.4, -0.2) is 21.9 Å². The topological polar surface area (TPSA) is 52.0 Å².